The summed E-state index contributed by atoms with van der Waals surface area (Å²) in [6, 6.07) is 8.96. The lowest BCUT2D eigenvalue weighted by Crippen LogP contribution is -2.34. The van der Waals surface area contributed by atoms with E-state index in [-0.39, 0.29) is 0 Å². The maximum atomic E-state index is 2.61. The molecule has 1 aromatic rings. The van der Waals surface area contributed by atoms with Crippen molar-refractivity contribution in [1.82, 2.24) is 4.90 Å². The second-order valence-corrected chi connectivity index (χ2v) is 5.26. The van der Waals surface area contributed by atoms with Gasteiger partial charge in [-0.1, -0.05) is 50.6 Å². The fraction of sp³-hybridized carbons (Fsp3) is 0.647. The Morgan fingerprint density at radius 3 is 2.17 bits per heavy atom. The predicted octanol–water partition coefficient (Wildman–Crippen LogP) is 4.30. The summed E-state index contributed by atoms with van der Waals surface area (Å²) in [6.07, 6.45) is 3.97. The first kappa shape index (κ1) is 15.2. The molecule has 1 heteroatoms. The van der Waals surface area contributed by atoms with E-state index in [1.807, 2.05) is 13.8 Å². The van der Waals surface area contributed by atoms with Crippen LogP contribution in [-0.2, 0) is 6.42 Å². The van der Waals surface area contributed by atoms with E-state index in [0.29, 0.717) is 0 Å². The summed E-state index contributed by atoms with van der Waals surface area (Å²) in [5, 5.41) is 0. The highest BCUT2D eigenvalue weighted by Crippen LogP contribution is 2.16. The molecule has 18 heavy (non-hydrogen) atoms. The number of benzene rings is 1. The van der Waals surface area contributed by atoms with Gasteiger partial charge in [-0.05, 0) is 50.8 Å². The van der Waals surface area contributed by atoms with Crippen molar-refractivity contribution in [2.24, 2.45) is 5.92 Å². The first-order valence-electron chi connectivity index (χ1n) is 7.52. The molecule has 0 spiro atoms. The van der Waals surface area contributed by atoms with Crippen molar-refractivity contribution in [2.75, 3.05) is 19.6 Å². The lowest BCUT2D eigenvalue weighted by Gasteiger charge is -2.30. The van der Waals surface area contributed by atoms with Gasteiger partial charge in [0.15, 0.2) is 0 Å². The van der Waals surface area contributed by atoms with Gasteiger partial charge < -0.3 is 4.90 Å². The summed E-state index contributed by atoms with van der Waals surface area (Å²) in [7, 11) is 0. The zero-order valence-electron chi connectivity index (χ0n) is 12.6. The molecule has 1 nitrogen and oxygen atoms in total. The summed E-state index contributed by atoms with van der Waals surface area (Å²) >= 11 is 0. The molecule has 1 aliphatic rings. The van der Waals surface area contributed by atoms with E-state index in [2.05, 4.69) is 43.0 Å². The number of piperidine rings is 1. The van der Waals surface area contributed by atoms with Crippen molar-refractivity contribution in [3.05, 3.63) is 35.4 Å². The fourth-order valence-electron chi connectivity index (χ4n) is 2.33. The minimum atomic E-state index is 0.940. The third-order valence-corrected chi connectivity index (χ3v) is 3.71. The topological polar surface area (TPSA) is 3.24 Å². The number of hydrogen-bond donors (Lipinski definition) is 0. The Kier molecular flexibility index (Phi) is 7.04. The van der Waals surface area contributed by atoms with Gasteiger partial charge in [0.25, 0.3) is 0 Å². The number of hydrogen-bond acceptors (Lipinski definition) is 1. The highest BCUT2D eigenvalue weighted by Gasteiger charge is 2.14. The summed E-state index contributed by atoms with van der Waals surface area (Å²) in [6.45, 7) is 12.4. The molecule has 1 saturated heterocycles. The molecule has 102 valence electrons. The number of nitrogens with zero attached hydrogens (tertiary/aromatic N) is 1. The van der Waals surface area contributed by atoms with E-state index in [4.69, 9.17) is 0 Å². The Hall–Kier alpha value is -0.820. The largest absolute Gasteiger partial charge is 0.303 e. The molecule has 0 saturated carbocycles. The van der Waals surface area contributed by atoms with Crippen LogP contribution in [0.15, 0.2) is 24.3 Å². The second kappa shape index (κ2) is 8.31. The minimum absolute atomic E-state index is 0.940. The molecule has 0 aromatic heterocycles. The average molecular weight is 247 g/mol. The Morgan fingerprint density at radius 1 is 1.06 bits per heavy atom. The van der Waals surface area contributed by atoms with Gasteiger partial charge in [-0.25, -0.2) is 0 Å². The number of aryl methyl sites for hydroxylation is 1. The Balaban J connectivity index is 0.000000771. The van der Waals surface area contributed by atoms with Crippen molar-refractivity contribution in [3.63, 3.8) is 0 Å². The molecule has 0 bridgehead atoms. The molecule has 1 aliphatic heterocycles. The zero-order chi connectivity index (χ0) is 13.4. The second-order valence-electron chi connectivity index (χ2n) is 5.26. The maximum absolute atomic E-state index is 2.61. The predicted molar refractivity (Wildman–Crippen MR) is 81.1 cm³/mol. The molecule has 1 heterocycles. The van der Waals surface area contributed by atoms with Gasteiger partial charge >= 0.3 is 0 Å². The summed E-state index contributed by atoms with van der Waals surface area (Å²) in [5.41, 5.74) is 2.83. The number of rotatable bonds is 3. The molecule has 0 atom stereocenters. The average Bonchev–Trinajstić information content (AvgIpc) is 2.42. The normalized spacial score (nSPS) is 17.1. The molecule has 0 radical (unpaired) electrons. The van der Waals surface area contributed by atoms with Crippen LogP contribution in [0.3, 0.4) is 0 Å². The van der Waals surface area contributed by atoms with Crippen LogP contribution >= 0.6 is 0 Å². The molecule has 1 fully saturated rings. The van der Waals surface area contributed by atoms with Gasteiger partial charge in [0, 0.05) is 6.54 Å². The third-order valence-electron chi connectivity index (χ3n) is 3.71. The van der Waals surface area contributed by atoms with Crippen molar-refractivity contribution < 1.29 is 0 Å². The van der Waals surface area contributed by atoms with Gasteiger partial charge in [0.1, 0.15) is 0 Å². The van der Waals surface area contributed by atoms with E-state index >= 15 is 0 Å². The summed E-state index contributed by atoms with van der Waals surface area (Å²) in [4.78, 5) is 2.61. The van der Waals surface area contributed by atoms with Gasteiger partial charge in [0.2, 0.25) is 0 Å². The lowest BCUT2D eigenvalue weighted by atomic mass is 9.99. The molecule has 2 rings (SSSR count). The van der Waals surface area contributed by atoms with E-state index in [9.17, 15) is 0 Å². The van der Waals surface area contributed by atoms with Crippen LogP contribution in [0.5, 0.6) is 0 Å². The lowest BCUT2D eigenvalue weighted by molar-refractivity contribution is 0.194. The minimum Gasteiger partial charge on any atom is -0.303 e. The molecule has 0 aliphatic carbocycles. The van der Waals surface area contributed by atoms with Gasteiger partial charge in [-0.3, -0.25) is 0 Å². The zero-order valence-corrected chi connectivity index (χ0v) is 12.6. The van der Waals surface area contributed by atoms with Crippen LogP contribution in [0.25, 0.3) is 0 Å². The number of likely N-dealkylation sites (tertiary alicyclic amines) is 1. The SMILES string of the molecule is CC.Cc1ccc(CCN2CCC(C)CC2)cc1. The van der Waals surface area contributed by atoms with Gasteiger partial charge in [0.05, 0.1) is 0 Å². The van der Waals surface area contributed by atoms with Gasteiger partial charge in [-0.2, -0.15) is 0 Å². The maximum Gasteiger partial charge on any atom is 0.00218 e. The molecule has 0 unspecified atom stereocenters. The molecular formula is C17H29N. The molecule has 0 N–H and O–H groups in total. The fourth-order valence-corrected chi connectivity index (χ4v) is 2.33. The van der Waals surface area contributed by atoms with Gasteiger partial charge in [-0.15, -0.1) is 0 Å². The Morgan fingerprint density at radius 2 is 1.61 bits per heavy atom. The van der Waals surface area contributed by atoms with Crippen molar-refractivity contribution in [3.8, 4) is 0 Å². The standard InChI is InChI=1S/C15H23N.C2H6/c1-13-3-5-15(6-4-13)9-12-16-10-7-14(2)8-11-16;1-2/h3-6,14H,7-12H2,1-2H3;1-2H3. The van der Waals surface area contributed by atoms with Crippen LogP contribution in [0.4, 0.5) is 0 Å². The smallest absolute Gasteiger partial charge is 0.00218 e. The van der Waals surface area contributed by atoms with Crippen molar-refractivity contribution in [2.45, 2.75) is 47.0 Å². The van der Waals surface area contributed by atoms with Crippen LogP contribution in [0, 0.1) is 12.8 Å². The van der Waals surface area contributed by atoms with E-state index in [0.717, 1.165) is 5.92 Å². The van der Waals surface area contributed by atoms with Crippen LogP contribution in [0.2, 0.25) is 0 Å². The van der Waals surface area contributed by atoms with Crippen LogP contribution in [0.1, 0.15) is 44.7 Å². The third kappa shape index (κ3) is 5.22. The summed E-state index contributed by atoms with van der Waals surface area (Å²) < 4.78 is 0. The molecule has 0 amide bonds. The quantitative estimate of drug-likeness (QED) is 0.770. The Bertz CT molecular complexity index is 307. The molecule has 1 aromatic carbocycles. The highest BCUT2D eigenvalue weighted by atomic mass is 15.1. The van der Waals surface area contributed by atoms with Crippen LogP contribution in [-0.4, -0.2) is 24.5 Å². The van der Waals surface area contributed by atoms with E-state index in [1.165, 1.54) is 50.0 Å². The first-order valence-corrected chi connectivity index (χ1v) is 7.52. The first-order chi connectivity index (χ1) is 8.74. The molecular weight excluding hydrogens is 218 g/mol. The van der Waals surface area contributed by atoms with Crippen molar-refractivity contribution >= 4 is 0 Å². The monoisotopic (exact) mass is 247 g/mol. The highest BCUT2D eigenvalue weighted by molar-refractivity contribution is 5.21. The van der Waals surface area contributed by atoms with E-state index < -0.39 is 0 Å². The summed E-state index contributed by atoms with van der Waals surface area (Å²) in [5.74, 6) is 0.940. The van der Waals surface area contributed by atoms with E-state index in [1.54, 1.807) is 0 Å². The van der Waals surface area contributed by atoms with Crippen molar-refractivity contribution in [1.29, 1.82) is 0 Å². The Labute approximate surface area is 113 Å². The van der Waals surface area contributed by atoms with Crippen LogP contribution < -0.4 is 0 Å².